The van der Waals surface area contributed by atoms with Gasteiger partial charge in [-0.2, -0.15) is 0 Å². The molecular weight excluding hydrogens is 334 g/mol. The van der Waals surface area contributed by atoms with Crippen LogP contribution >= 0.6 is 0 Å². The zero-order chi connectivity index (χ0) is 17.3. The summed E-state index contributed by atoms with van der Waals surface area (Å²) < 4.78 is 50.4. The lowest BCUT2D eigenvalue weighted by molar-refractivity contribution is 0.512. The van der Waals surface area contributed by atoms with Crippen LogP contribution in [0.15, 0.2) is 17.0 Å². The van der Waals surface area contributed by atoms with Crippen molar-refractivity contribution in [3.8, 4) is 0 Å². The van der Waals surface area contributed by atoms with Crippen molar-refractivity contribution in [1.82, 2.24) is 4.72 Å². The maximum absolute atomic E-state index is 12.5. The quantitative estimate of drug-likeness (QED) is 0.789. The molecule has 2 rings (SSSR count). The monoisotopic (exact) mass is 359 g/mol. The summed E-state index contributed by atoms with van der Waals surface area (Å²) in [5.41, 5.74) is 2.54. The number of benzene rings is 1. The molecule has 1 saturated heterocycles. The van der Waals surface area contributed by atoms with Gasteiger partial charge in [0.25, 0.3) is 0 Å². The van der Waals surface area contributed by atoms with Crippen LogP contribution in [0.4, 0.5) is 0 Å². The van der Waals surface area contributed by atoms with Crippen LogP contribution in [0.3, 0.4) is 0 Å². The second kappa shape index (κ2) is 6.91. The number of rotatable bonds is 6. The Morgan fingerprint density at radius 1 is 1.17 bits per heavy atom. The van der Waals surface area contributed by atoms with Crippen LogP contribution in [-0.2, 0) is 19.9 Å². The first kappa shape index (κ1) is 18.4. The number of sulfone groups is 1. The van der Waals surface area contributed by atoms with E-state index in [0.29, 0.717) is 24.3 Å². The summed E-state index contributed by atoms with van der Waals surface area (Å²) >= 11 is 0. The first-order valence-electron chi connectivity index (χ1n) is 7.89. The normalized spacial score (nSPS) is 20.7. The maximum Gasteiger partial charge on any atom is 0.241 e. The highest BCUT2D eigenvalue weighted by molar-refractivity contribution is 7.91. The highest BCUT2D eigenvalue weighted by Crippen LogP contribution is 2.24. The number of hydrogen-bond donors (Lipinski definition) is 1. The van der Waals surface area contributed by atoms with E-state index in [0.717, 1.165) is 23.1 Å². The van der Waals surface area contributed by atoms with Gasteiger partial charge in [-0.25, -0.2) is 21.6 Å². The van der Waals surface area contributed by atoms with Gasteiger partial charge < -0.3 is 0 Å². The zero-order valence-electron chi connectivity index (χ0n) is 13.9. The Morgan fingerprint density at radius 2 is 1.78 bits per heavy atom. The second-order valence-electron chi connectivity index (χ2n) is 6.54. The third-order valence-electron chi connectivity index (χ3n) is 4.28. The molecule has 1 N–H and O–H groups in total. The van der Waals surface area contributed by atoms with E-state index < -0.39 is 19.9 Å². The molecule has 1 fully saturated rings. The number of hydrogen-bond acceptors (Lipinski definition) is 4. The average molecular weight is 360 g/mol. The summed E-state index contributed by atoms with van der Waals surface area (Å²) in [6, 6.07) is 3.73. The zero-order valence-corrected chi connectivity index (χ0v) is 15.6. The minimum Gasteiger partial charge on any atom is -0.229 e. The van der Waals surface area contributed by atoms with Crippen molar-refractivity contribution in [2.75, 3.05) is 18.1 Å². The van der Waals surface area contributed by atoms with Gasteiger partial charge in [-0.15, -0.1) is 0 Å². The van der Waals surface area contributed by atoms with Gasteiger partial charge in [0, 0.05) is 6.54 Å². The van der Waals surface area contributed by atoms with Crippen LogP contribution in [0.2, 0.25) is 0 Å². The van der Waals surface area contributed by atoms with Crippen LogP contribution in [0, 0.1) is 26.7 Å². The molecule has 7 heteroatoms. The van der Waals surface area contributed by atoms with Gasteiger partial charge in [0.15, 0.2) is 9.84 Å². The van der Waals surface area contributed by atoms with E-state index >= 15 is 0 Å². The van der Waals surface area contributed by atoms with Gasteiger partial charge in [-0.05, 0) is 57.1 Å². The molecule has 1 aromatic carbocycles. The predicted molar refractivity (Wildman–Crippen MR) is 91.8 cm³/mol. The van der Waals surface area contributed by atoms with Crippen molar-refractivity contribution in [1.29, 1.82) is 0 Å². The van der Waals surface area contributed by atoms with E-state index in [4.69, 9.17) is 0 Å². The number of aryl methyl sites for hydroxylation is 3. The Morgan fingerprint density at radius 3 is 2.30 bits per heavy atom. The average Bonchev–Trinajstić information content (AvgIpc) is 2.72. The van der Waals surface area contributed by atoms with Gasteiger partial charge in [-0.3, -0.25) is 0 Å². The molecule has 0 spiro atoms. The molecule has 0 bridgehead atoms. The molecule has 0 amide bonds. The van der Waals surface area contributed by atoms with Crippen molar-refractivity contribution >= 4 is 19.9 Å². The molecule has 0 saturated carbocycles. The molecule has 1 aromatic rings. The molecule has 1 aliphatic heterocycles. The minimum absolute atomic E-state index is 0.173. The predicted octanol–water partition coefficient (Wildman–Crippen LogP) is 2.11. The second-order valence-corrected chi connectivity index (χ2v) is 10.5. The van der Waals surface area contributed by atoms with Crippen molar-refractivity contribution in [2.24, 2.45) is 5.92 Å². The Kier molecular flexibility index (Phi) is 5.53. The van der Waals surface area contributed by atoms with Crippen molar-refractivity contribution in [3.05, 3.63) is 28.8 Å². The molecule has 130 valence electrons. The third kappa shape index (κ3) is 4.78. The summed E-state index contributed by atoms with van der Waals surface area (Å²) in [5.74, 6) is 0.688. The Labute approximate surface area is 139 Å². The molecule has 1 unspecified atom stereocenters. The van der Waals surface area contributed by atoms with Gasteiger partial charge in [0.2, 0.25) is 10.0 Å². The van der Waals surface area contributed by atoms with Gasteiger partial charge in [0.1, 0.15) is 0 Å². The molecule has 0 aliphatic carbocycles. The van der Waals surface area contributed by atoms with Crippen LogP contribution in [0.5, 0.6) is 0 Å². The standard InChI is InChI=1S/C16H25NO4S2/c1-12-9-13(2)16(14(3)10-12)23(20,21)17-7-4-5-15-6-8-22(18,19)11-15/h9-10,15,17H,4-8,11H2,1-3H3. The molecule has 5 nitrogen and oxygen atoms in total. The van der Waals surface area contributed by atoms with E-state index in [-0.39, 0.29) is 17.4 Å². The SMILES string of the molecule is Cc1cc(C)c(S(=O)(=O)NCCCC2CCS(=O)(=O)C2)c(C)c1. The van der Waals surface area contributed by atoms with Crippen LogP contribution in [0.1, 0.15) is 36.0 Å². The minimum atomic E-state index is -3.53. The molecular formula is C16H25NO4S2. The first-order valence-corrected chi connectivity index (χ1v) is 11.2. The highest BCUT2D eigenvalue weighted by Gasteiger charge is 2.27. The topological polar surface area (TPSA) is 80.3 Å². The van der Waals surface area contributed by atoms with Crippen LogP contribution < -0.4 is 4.72 Å². The fourth-order valence-electron chi connectivity index (χ4n) is 3.36. The summed E-state index contributed by atoms with van der Waals surface area (Å²) in [5, 5.41) is 0. The van der Waals surface area contributed by atoms with Gasteiger partial charge in [-0.1, -0.05) is 17.7 Å². The Hall–Kier alpha value is -0.920. The van der Waals surface area contributed by atoms with E-state index in [1.807, 2.05) is 19.1 Å². The number of nitrogens with one attached hydrogen (secondary N) is 1. The van der Waals surface area contributed by atoms with Crippen LogP contribution in [0.25, 0.3) is 0 Å². The molecule has 0 aromatic heterocycles. The van der Waals surface area contributed by atoms with Gasteiger partial charge >= 0.3 is 0 Å². The van der Waals surface area contributed by atoms with Crippen molar-refractivity contribution in [2.45, 2.75) is 44.9 Å². The van der Waals surface area contributed by atoms with E-state index in [1.54, 1.807) is 13.8 Å². The van der Waals surface area contributed by atoms with E-state index in [9.17, 15) is 16.8 Å². The first-order chi connectivity index (χ1) is 10.6. The molecule has 0 radical (unpaired) electrons. The maximum atomic E-state index is 12.5. The van der Waals surface area contributed by atoms with Crippen molar-refractivity contribution in [3.63, 3.8) is 0 Å². The largest absolute Gasteiger partial charge is 0.241 e. The molecule has 1 heterocycles. The number of sulfonamides is 1. The van der Waals surface area contributed by atoms with Gasteiger partial charge in [0.05, 0.1) is 16.4 Å². The molecule has 23 heavy (non-hydrogen) atoms. The fraction of sp³-hybridized carbons (Fsp3) is 0.625. The summed E-state index contributed by atoms with van der Waals surface area (Å²) in [4.78, 5) is 0.353. The molecule has 1 atom stereocenters. The van der Waals surface area contributed by atoms with Crippen LogP contribution in [-0.4, -0.2) is 34.9 Å². The lowest BCUT2D eigenvalue weighted by atomic mass is 10.0. The summed E-state index contributed by atoms with van der Waals surface area (Å²) in [7, 11) is -6.38. The fourth-order valence-corrected chi connectivity index (χ4v) is 6.79. The lowest BCUT2D eigenvalue weighted by Crippen LogP contribution is -2.26. The lowest BCUT2D eigenvalue weighted by Gasteiger charge is -2.13. The van der Waals surface area contributed by atoms with E-state index in [1.165, 1.54) is 0 Å². The Balaban J connectivity index is 1.93. The third-order valence-corrected chi connectivity index (χ3v) is 7.88. The van der Waals surface area contributed by atoms with E-state index in [2.05, 4.69) is 4.72 Å². The Bertz CT molecular complexity index is 759. The summed E-state index contributed by atoms with van der Waals surface area (Å²) in [6.07, 6.45) is 2.10. The molecule has 1 aliphatic rings. The highest BCUT2D eigenvalue weighted by atomic mass is 32.2. The summed E-state index contributed by atoms with van der Waals surface area (Å²) in [6.45, 7) is 5.89. The van der Waals surface area contributed by atoms with Crippen molar-refractivity contribution < 1.29 is 16.8 Å². The smallest absolute Gasteiger partial charge is 0.229 e.